The number of carbonyl (C=O) groups is 1. The largest absolute Gasteiger partial charge is 0.324 e. The third kappa shape index (κ3) is 4.17. The van der Waals surface area contributed by atoms with Gasteiger partial charge in [-0.1, -0.05) is 29.8 Å². The highest BCUT2D eigenvalue weighted by Gasteiger charge is 2.14. The molecule has 3 rings (SSSR count). The zero-order valence-corrected chi connectivity index (χ0v) is 14.3. The molecule has 0 radical (unpaired) electrons. The van der Waals surface area contributed by atoms with Gasteiger partial charge in [-0.15, -0.1) is 0 Å². The van der Waals surface area contributed by atoms with Gasteiger partial charge >= 0.3 is 0 Å². The van der Waals surface area contributed by atoms with Gasteiger partial charge in [0.05, 0.1) is 10.7 Å². The molecule has 5 nitrogen and oxygen atoms in total. The monoisotopic (exact) mass is 393 g/mol. The standard InChI is InChI=1S/C18H11ClF3N3O2/c19-12-4-2-1-3-11(12)15-5-6-17(27)25(24-15)9-16(26)23-10-7-13(20)18(22)14(21)8-10/h1-8H,9H2,(H,23,26). The maximum Gasteiger partial charge on any atom is 0.267 e. The van der Waals surface area contributed by atoms with E-state index in [1.165, 1.54) is 12.1 Å². The molecule has 2 aromatic carbocycles. The Morgan fingerprint density at radius 1 is 1.07 bits per heavy atom. The highest BCUT2D eigenvalue weighted by Crippen LogP contribution is 2.24. The first-order valence-electron chi connectivity index (χ1n) is 7.62. The van der Waals surface area contributed by atoms with Crippen molar-refractivity contribution in [3.8, 4) is 11.3 Å². The summed E-state index contributed by atoms with van der Waals surface area (Å²) >= 11 is 6.10. The molecule has 1 N–H and O–H groups in total. The van der Waals surface area contributed by atoms with Crippen molar-refractivity contribution in [3.05, 3.63) is 81.4 Å². The van der Waals surface area contributed by atoms with Crippen molar-refractivity contribution in [2.45, 2.75) is 6.54 Å². The van der Waals surface area contributed by atoms with E-state index in [2.05, 4.69) is 10.4 Å². The van der Waals surface area contributed by atoms with E-state index in [0.717, 1.165) is 4.68 Å². The Bertz CT molecular complexity index is 1060. The quantitative estimate of drug-likeness (QED) is 0.689. The number of nitrogens with zero attached hydrogens (tertiary/aromatic N) is 2. The first kappa shape index (κ1) is 18.7. The van der Waals surface area contributed by atoms with Gasteiger partial charge in [-0.2, -0.15) is 5.10 Å². The molecular weight excluding hydrogens is 383 g/mol. The molecule has 27 heavy (non-hydrogen) atoms. The van der Waals surface area contributed by atoms with Crippen LogP contribution in [-0.4, -0.2) is 15.7 Å². The molecule has 0 saturated carbocycles. The van der Waals surface area contributed by atoms with E-state index in [1.54, 1.807) is 24.3 Å². The Kier molecular flexibility index (Phi) is 5.27. The number of carbonyl (C=O) groups excluding carboxylic acids is 1. The van der Waals surface area contributed by atoms with Gasteiger partial charge in [0.2, 0.25) is 5.91 Å². The molecule has 0 aliphatic heterocycles. The fourth-order valence-corrected chi connectivity index (χ4v) is 2.57. The molecule has 1 amide bonds. The maximum atomic E-state index is 13.2. The lowest BCUT2D eigenvalue weighted by Crippen LogP contribution is -2.29. The second kappa shape index (κ2) is 7.63. The molecular formula is C18H11ClF3N3O2. The summed E-state index contributed by atoms with van der Waals surface area (Å²) in [5.74, 6) is -5.30. The second-order valence-electron chi connectivity index (χ2n) is 5.50. The lowest BCUT2D eigenvalue weighted by molar-refractivity contribution is -0.117. The van der Waals surface area contributed by atoms with Crippen LogP contribution >= 0.6 is 11.6 Å². The normalized spacial score (nSPS) is 10.7. The summed E-state index contributed by atoms with van der Waals surface area (Å²) in [5, 5.41) is 6.68. The molecule has 1 heterocycles. The minimum atomic E-state index is -1.64. The third-order valence-corrected chi connectivity index (χ3v) is 3.91. The molecule has 9 heteroatoms. The Morgan fingerprint density at radius 3 is 2.41 bits per heavy atom. The van der Waals surface area contributed by atoms with Crippen molar-refractivity contribution >= 4 is 23.2 Å². The molecule has 138 valence electrons. The lowest BCUT2D eigenvalue weighted by atomic mass is 10.1. The number of anilines is 1. The van der Waals surface area contributed by atoms with Crippen LogP contribution in [-0.2, 0) is 11.3 Å². The zero-order chi connectivity index (χ0) is 19.6. The van der Waals surface area contributed by atoms with Crippen LogP contribution in [0.2, 0.25) is 5.02 Å². The highest BCUT2D eigenvalue weighted by atomic mass is 35.5. The Morgan fingerprint density at radius 2 is 1.74 bits per heavy atom. The van der Waals surface area contributed by atoms with Gasteiger partial charge in [-0.25, -0.2) is 17.9 Å². The first-order valence-corrected chi connectivity index (χ1v) is 8.00. The number of hydrogen-bond acceptors (Lipinski definition) is 3. The number of hydrogen-bond donors (Lipinski definition) is 1. The second-order valence-corrected chi connectivity index (χ2v) is 5.90. The molecule has 0 spiro atoms. The molecule has 3 aromatic rings. The van der Waals surface area contributed by atoms with Crippen LogP contribution in [0.4, 0.5) is 18.9 Å². The van der Waals surface area contributed by atoms with Crippen molar-refractivity contribution < 1.29 is 18.0 Å². The Hall–Kier alpha value is -3.13. The van der Waals surface area contributed by atoms with Crippen molar-refractivity contribution in [1.29, 1.82) is 0 Å². The molecule has 0 atom stereocenters. The number of rotatable bonds is 4. The Labute approximate surface area is 156 Å². The summed E-state index contributed by atoms with van der Waals surface area (Å²) in [4.78, 5) is 24.0. The van der Waals surface area contributed by atoms with E-state index in [4.69, 9.17) is 11.6 Å². The van der Waals surface area contributed by atoms with Crippen LogP contribution in [0.25, 0.3) is 11.3 Å². The number of benzene rings is 2. The fourth-order valence-electron chi connectivity index (χ4n) is 2.34. The van der Waals surface area contributed by atoms with Crippen molar-refractivity contribution in [1.82, 2.24) is 9.78 Å². The van der Waals surface area contributed by atoms with Crippen molar-refractivity contribution in [2.75, 3.05) is 5.32 Å². The van der Waals surface area contributed by atoms with Gasteiger partial charge in [0.15, 0.2) is 17.5 Å². The molecule has 0 saturated heterocycles. The zero-order valence-electron chi connectivity index (χ0n) is 13.5. The van der Waals surface area contributed by atoms with E-state index in [9.17, 15) is 22.8 Å². The summed E-state index contributed by atoms with van der Waals surface area (Å²) in [6.07, 6.45) is 0. The molecule has 0 aliphatic rings. The average molecular weight is 394 g/mol. The number of nitrogens with one attached hydrogen (secondary N) is 1. The van der Waals surface area contributed by atoms with Gasteiger partial charge in [0.25, 0.3) is 5.56 Å². The minimum absolute atomic E-state index is 0.285. The average Bonchev–Trinajstić information content (AvgIpc) is 2.62. The van der Waals surface area contributed by atoms with Crippen LogP contribution in [0.1, 0.15) is 0 Å². The predicted octanol–water partition coefficient (Wildman–Crippen LogP) is 3.62. The molecule has 0 unspecified atom stereocenters. The summed E-state index contributed by atoms with van der Waals surface area (Å²) in [7, 11) is 0. The van der Waals surface area contributed by atoms with Gasteiger partial charge in [0, 0.05) is 29.4 Å². The smallest absolute Gasteiger partial charge is 0.267 e. The molecule has 0 bridgehead atoms. The predicted molar refractivity (Wildman–Crippen MR) is 93.9 cm³/mol. The summed E-state index contributed by atoms with van der Waals surface area (Å²) < 4.78 is 40.3. The van der Waals surface area contributed by atoms with Crippen molar-refractivity contribution in [2.24, 2.45) is 0 Å². The van der Waals surface area contributed by atoms with E-state index in [0.29, 0.717) is 28.4 Å². The minimum Gasteiger partial charge on any atom is -0.324 e. The van der Waals surface area contributed by atoms with Crippen LogP contribution in [0.5, 0.6) is 0 Å². The number of halogens is 4. The lowest BCUT2D eigenvalue weighted by Gasteiger charge is -2.09. The first-order chi connectivity index (χ1) is 12.8. The topological polar surface area (TPSA) is 64.0 Å². The van der Waals surface area contributed by atoms with E-state index >= 15 is 0 Å². The van der Waals surface area contributed by atoms with E-state index in [-0.39, 0.29) is 5.69 Å². The van der Waals surface area contributed by atoms with Gasteiger partial charge in [0.1, 0.15) is 6.54 Å². The number of amides is 1. The molecule has 1 aromatic heterocycles. The Balaban J connectivity index is 1.83. The van der Waals surface area contributed by atoms with Gasteiger partial charge < -0.3 is 5.32 Å². The van der Waals surface area contributed by atoms with E-state index < -0.39 is 35.5 Å². The van der Waals surface area contributed by atoms with Crippen LogP contribution < -0.4 is 10.9 Å². The summed E-state index contributed by atoms with van der Waals surface area (Å²) in [6, 6.07) is 10.8. The summed E-state index contributed by atoms with van der Waals surface area (Å²) in [6.45, 7) is -0.516. The van der Waals surface area contributed by atoms with Crippen LogP contribution in [0, 0.1) is 17.5 Å². The third-order valence-electron chi connectivity index (χ3n) is 3.58. The highest BCUT2D eigenvalue weighted by molar-refractivity contribution is 6.33. The molecule has 0 fully saturated rings. The summed E-state index contributed by atoms with van der Waals surface area (Å²) in [5.41, 5.74) is 0.0898. The van der Waals surface area contributed by atoms with Crippen LogP contribution in [0.15, 0.2) is 53.3 Å². The maximum absolute atomic E-state index is 13.2. The SMILES string of the molecule is O=C(Cn1nc(-c2ccccc2Cl)ccc1=O)Nc1cc(F)c(F)c(F)c1. The number of aromatic nitrogens is 2. The van der Waals surface area contributed by atoms with Crippen molar-refractivity contribution in [3.63, 3.8) is 0 Å². The molecule has 0 aliphatic carbocycles. The van der Waals surface area contributed by atoms with Gasteiger partial charge in [-0.05, 0) is 12.1 Å². The van der Waals surface area contributed by atoms with E-state index in [1.807, 2.05) is 0 Å². The van der Waals surface area contributed by atoms with Crippen LogP contribution in [0.3, 0.4) is 0 Å². The van der Waals surface area contributed by atoms with Gasteiger partial charge in [-0.3, -0.25) is 9.59 Å². The fraction of sp³-hybridized carbons (Fsp3) is 0.0556.